The van der Waals surface area contributed by atoms with Gasteiger partial charge in [0, 0.05) is 58.6 Å². The van der Waals surface area contributed by atoms with E-state index in [1.54, 1.807) is 23.4 Å². The maximum atomic E-state index is 14.0. The van der Waals surface area contributed by atoms with Gasteiger partial charge in [0.25, 0.3) is 0 Å². The van der Waals surface area contributed by atoms with Crippen LogP contribution >= 0.6 is 22.9 Å². The number of alkyl halides is 2. The lowest BCUT2D eigenvalue weighted by atomic mass is 9.92. The largest absolute Gasteiger partial charge is 0.478 e. The molecule has 1 saturated heterocycles. The van der Waals surface area contributed by atoms with Crippen LogP contribution in [0, 0.1) is 12.7 Å². The third-order valence-corrected chi connectivity index (χ3v) is 10.0. The van der Waals surface area contributed by atoms with Crippen molar-refractivity contribution >= 4 is 50.3 Å². The van der Waals surface area contributed by atoms with Crippen LogP contribution in [0.15, 0.2) is 75.8 Å². The number of fused-ring (bicyclic) bond motifs is 1. The highest BCUT2D eigenvalue weighted by Gasteiger charge is 2.42. The van der Waals surface area contributed by atoms with Gasteiger partial charge in [0.2, 0.25) is 10.0 Å². The number of carbonyl (C=O) groups is 1. The van der Waals surface area contributed by atoms with Crippen LogP contribution < -0.4 is 4.72 Å². The lowest BCUT2D eigenvalue weighted by molar-refractivity contribution is 0.0564. The first-order valence-electron chi connectivity index (χ1n) is 13.1. The Morgan fingerprint density at radius 3 is 2.66 bits per heavy atom. The van der Waals surface area contributed by atoms with Crippen molar-refractivity contribution in [3.8, 4) is 0 Å². The second-order valence-electron chi connectivity index (χ2n) is 10.1. The Balaban J connectivity index is 1.48. The standard InChI is InChI=1S/C28H22ClF3N6O4S2/c1-14-2-3-15(27(39)40)10-22(14)44(41,42)36-17-12-21-23(20-6-8-38(35-20)28(31)32)24(18-5-4-16(30)11-19(18)29)34-25(37(21)13-17)26-33-7-9-43-26/h2-11,17,24,28,36H,12-13H2,1H3,(H,39,40)/t17-,24-/m0/s1. The second kappa shape index (κ2) is 11.5. The molecule has 0 amide bonds. The first-order chi connectivity index (χ1) is 20.9. The molecule has 0 bridgehead atoms. The minimum atomic E-state index is -4.21. The first kappa shape index (κ1) is 30.0. The molecule has 2 aliphatic heterocycles. The van der Waals surface area contributed by atoms with Crippen molar-refractivity contribution in [1.29, 1.82) is 0 Å². The summed E-state index contributed by atoms with van der Waals surface area (Å²) in [5, 5.41) is 15.8. The van der Waals surface area contributed by atoms with Gasteiger partial charge in [0.1, 0.15) is 11.9 Å². The van der Waals surface area contributed by atoms with Crippen LogP contribution in [0.4, 0.5) is 13.2 Å². The number of amidine groups is 1. The van der Waals surface area contributed by atoms with Gasteiger partial charge in [-0.3, -0.25) is 4.99 Å². The van der Waals surface area contributed by atoms with Gasteiger partial charge in [-0.15, -0.1) is 11.3 Å². The number of aromatic nitrogens is 3. The van der Waals surface area contributed by atoms with E-state index in [1.807, 2.05) is 0 Å². The predicted octanol–water partition coefficient (Wildman–Crippen LogP) is 5.50. The fourth-order valence-corrected chi connectivity index (χ4v) is 7.75. The van der Waals surface area contributed by atoms with E-state index < -0.39 is 40.4 Å². The Kier molecular flexibility index (Phi) is 7.82. The minimum absolute atomic E-state index is 0.0566. The number of benzene rings is 2. The predicted molar refractivity (Wildman–Crippen MR) is 157 cm³/mol. The van der Waals surface area contributed by atoms with Crippen molar-refractivity contribution in [2.24, 2.45) is 4.99 Å². The Morgan fingerprint density at radius 2 is 2.00 bits per heavy atom. The quantitative estimate of drug-likeness (QED) is 0.255. The van der Waals surface area contributed by atoms with Crippen LogP contribution in [-0.4, -0.2) is 57.6 Å². The molecular weight excluding hydrogens is 641 g/mol. The van der Waals surface area contributed by atoms with Gasteiger partial charge in [0.15, 0.2) is 10.8 Å². The van der Waals surface area contributed by atoms with E-state index in [0.29, 0.717) is 37.9 Å². The molecule has 6 rings (SSSR count). The second-order valence-corrected chi connectivity index (χ2v) is 13.1. The number of hydrogen-bond acceptors (Lipinski definition) is 8. The Bertz CT molecular complexity index is 1950. The average molecular weight is 663 g/mol. The number of sulfonamides is 1. The molecule has 44 heavy (non-hydrogen) atoms. The smallest absolute Gasteiger partial charge is 0.335 e. The molecule has 1 fully saturated rings. The summed E-state index contributed by atoms with van der Waals surface area (Å²) >= 11 is 7.78. The molecule has 4 heterocycles. The van der Waals surface area contributed by atoms with Gasteiger partial charge in [0.05, 0.1) is 16.2 Å². The van der Waals surface area contributed by atoms with Crippen molar-refractivity contribution in [3.63, 3.8) is 0 Å². The van der Waals surface area contributed by atoms with E-state index in [9.17, 15) is 31.5 Å². The number of hydrogen-bond donors (Lipinski definition) is 2. The molecule has 0 spiro atoms. The number of aryl methyl sites for hydroxylation is 1. The van der Waals surface area contributed by atoms with E-state index in [2.05, 4.69) is 14.8 Å². The summed E-state index contributed by atoms with van der Waals surface area (Å²) in [4.78, 5) is 22.4. The van der Waals surface area contributed by atoms with Crippen LogP contribution in [0.2, 0.25) is 5.02 Å². The number of carboxylic acid groups (broad SMARTS) is 1. The summed E-state index contributed by atoms with van der Waals surface area (Å²) < 4.78 is 71.5. The maximum Gasteiger partial charge on any atom is 0.335 e. The Labute approximate surface area is 258 Å². The van der Waals surface area contributed by atoms with Gasteiger partial charge in [-0.1, -0.05) is 23.7 Å². The molecule has 0 aliphatic carbocycles. The van der Waals surface area contributed by atoms with Crippen molar-refractivity contribution in [3.05, 3.63) is 104 Å². The van der Waals surface area contributed by atoms with E-state index in [1.165, 1.54) is 41.7 Å². The van der Waals surface area contributed by atoms with E-state index >= 15 is 0 Å². The SMILES string of the molecule is Cc1ccc(C(=O)O)cc1S(=O)(=O)N[C@H]1CC2=C(c3ccn(C(F)F)n3)[C@H](c3ccc(F)cc3Cl)N=C(c3nccs3)N2C1. The van der Waals surface area contributed by atoms with Crippen molar-refractivity contribution in [2.75, 3.05) is 6.54 Å². The molecule has 16 heteroatoms. The third kappa shape index (κ3) is 5.51. The number of aliphatic imine (C=N–C) groups is 1. The topological polar surface area (TPSA) is 130 Å². The Hall–Kier alpha value is -4.05. The number of carboxylic acids is 1. The van der Waals surface area contributed by atoms with Crippen LogP contribution in [0.5, 0.6) is 0 Å². The van der Waals surface area contributed by atoms with Crippen molar-refractivity contribution < 1.29 is 31.5 Å². The summed E-state index contributed by atoms with van der Waals surface area (Å²) in [5.41, 5.74) is 1.65. The van der Waals surface area contributed by atoms with Gasteiger partial charge < -0.3 is 10.0 Å². The molecule has 2 aliphatic rings. The first-order valence-corrected chi connectivity index (χ1v) is 15.8. The molecule has 2 N–H and O–H groups in total. The monoisotopic (exact) mass is 662 g/mol. The van der Waals surface area contributed by atoms with Crippen LogP contribution in [0.25, 0.3) is 5.57 Å². The fraction of sp³-hybridized carbons (Fsp3) is 0.214. The number of nitrogens with one attached hydrogen (secondary N) is 1. The molecule has 2 atom stereocenters. The van der Waals surface area contributed by atoms with E-state index in [4.69, 9.17) is 16.6 Å². The maximum absolute atomic E-state index is 14.0. The average Bonchev–Trinajstić information content (AvgIpc) is 3.73. The van der Waals surface area contributed by atoms with Gasteiger partial charge >= 0.3 is 12.5 Å². The molecule has 10 nitrogen and oxygen atoms in total. The van der Waals surface area contributed by atoms with Crippen molar-refractivity contribution in [2.45, 2.75) is 36.9 Å². The Morgan fingerprint density at radius 1 is 1.20 bits per heavy atom. The zero-order valence-corrected chi connectivity index (χ0v) is 25.0. The summed E-state index contributed by atoms with van der Waals surface area (Å²) in [7, 11) is -4.21. The summed E-state index contributed by atoms with van der Waals surface area (Å²) in [5.74, 6) is -1.45. The van der Waals surface area contributed by atoms with Crippen LogP contribution in [0.3, 0.4) is 0 Å². The molecular formula is C28H22ClF3N6O4S2. The zero-order chi connectivity index (χ0) is 31.3. The minimum Gasteiger partial charge on any atom is -0.478 e. The summed E-state index contributed by atoms with van der Waals surface area (Å²) in [6.45, 7) is -1.26. The third-order valence-electron chi connectivity index (χ3n) is 7.27. The lowest BCUT2D eigenvalue weighted by Crippen LogP contribution is -2.39. The molecule has 0 saturated carbocycles. The number of thiazole rings is 1. The van der Waals surface area contributed by atoms with Gasteiger partial charge in [-0.05, 0) is 42.8 Å². The molecule has 0 unspecified atom stereocenters. The molecule has 2 aromatic carbocycles. The number of halogens is 4. The zero-order valence-electron chi connectivity index (χ0n) is 22.7. The molecule has 4 aromatic rings. The summed E-state index contributed by atoms with van der Waals surface area (Å²) in [6, 6.07) is 7.37. The van der Waals surface area contributed by atoms with Crippen molar-refractivity contribution in [1.82, 2.24) is 24.4 Å². The molecule has 228 valence electrons. The van der Waals surface area contributed by atoms with Crippen LogP contribution in [0.1, 0.15) is 51.2 Å². The highest BCUT2D eigenvalue weighted by atomic mass is 35.5. The highest BCUT2D eigenvalue weighted by Crippen LogP contribution is 2.46. The van der Waals surface area contributed by atoms with E-state index in [0.717, 1.165) is 18.3 Å². The molecule has 2 aromatic heterocycles. The van der Waals surface area contributed by atoms with Gasteiger partial charge in [-0.25, -0.2) is 32.0 Å². The normalized spacial score (nSPS) is 18.6. The number of rotatable bonds is 8. The molecule has 0 radical (unpaired) electrons. The van der Waals surface area contributed by atoms with E-state index in [-0.39, 0.29) is 34.1 Å². The van der Waals surface area contributed by atoms with Crippen LogP contribution in [-0.2, 0) is 10.0 Å². The summed E-state index contributed by atoms with van der Waals surface area (Å²) in [6.07, 6.45) is 2.79. The lowest BCUT2D eigenvalue weighted by Gasteiger charge is -2.32. The van der Waals surface area contributed by atoms with Gasteiger partial charge in [-0.2, -0.15) is 13.9 Å². The highest BCUT2D eigenvalue weighted by molar-refractivity contribution is 7.89. The number of nitrogens with zero attached hydrogens (tertiary/aromatic N) is 5. The number of aromatic carboxylic acids is 1. The fourth-order valence-electron chi connectivity index (χ4n) is 5.34.